The van der Waals surface area contributed by atoms with E-state index in [1.165, 1.54) is 43.9 Å². The number of ether oxygens (including phenoxy) is 2. The molecule has 2 unspecified atom stereocenters. The minimum atomic E-state index is -3.50. The molecule has 14 nitrogen and oxygen atoms in total. The zero-order valence-corrected chi connectivity index (χ0v) is 21.1. The largest absolute Gasteiger partial charge is 0.465 e. The Morgan fingerprint density at radius 3 is 2.83 bits per heavy atom. The molecule has 0 radical (unpaired) electrons. The number of nitrogens with one attached hydrogen (secondary N) is 1. The number of hydrogen-bond acceptors (Lipinski definition) is 12. The first-order chi connectivity index (χ1) is 17.0. The molecule has 6 atom stereocenters. The van der Waals surface area contributed by atoms with Gasteiger partial charge < -0.3 is 38.9 Å². The summed E-state index contributed by atoms with van der Waals surface area (Å²) in [6.45, 7) is 5.69. The summed E-state index contributed by atoms with van der Waals surface area (Å²) in [5.41, 5.74) is 5.08. The van der Waals surface area contributed by atoms with E-state index in [1.54, 1.807) is 13.1 Å². The summed E-state index contributed by atoms with van der Waals surface area (Å²) < 4.78 is 36.2. The number of esters is 1. The van der Waals surface area contributed by atoms with Crippen LogP contribution >= 0.6 is 7.52 Å². The first-order valence-electron chi connectivity index (χ1n) is 11.2. The Bertz CT molecular complexity index is 1280. The molecule has 196 valence electrons. The van der Waals surface area contributed by atoms with Gasteiger partial charge in [0.2, 0.25) is 5.89 Å². The maximum atomic E-state index is 12.9. The van der Waals surface area contributed by atoms with Crippen molar-refractivity contribution in [2.75, 3.05) is 25.6 Å². The molecule has 3 aromatic rings. The number of rotatable bonds is 9. The van der Waals surface area contributed by atoms with Crippen LogP contribution in [-0.2, 0) is 23.4 Å². The second-order valence-corrected chi connectivity index (χ2v) is 10.9. The summed E-state index contributed by atoms with van der Waals surface area (Å²) in [6, 6.07) is -0.879. The van der Waals surface area contributed by atoms with Gasteiger partial charge in [0.15, 0.2) is 6.23 Å². The quantitative estimate of drug-likeness (QED) is 0.229. The van der Waals surface area contributed by atoms with E-state index in [2.05, 4.69) is 20.0 Å². The molecule has 3 aromatic heterocycles. The normalized spacial score (nSPS) is 26.7. The highest BCUT2D eigenvalue weighted by Crippen LogP contribution is 2.45. The molecular formula is C21H29N6O8P. The van der Waals surface area contributed by atoms with Gasteiger partial charge in [-0.15, -0.1) is 0 Å². The lowest BCUT2D eigenvalue weighted by Crippen LogP contribution is -2.44. The smallest absolute Gasteiger partial charge is 0.323 e. The zero-order chi connectivity index (χ0) is 26.3. The third-order valence-electron chi connectivity index (χ3n) is 5.86. The predicted octanol–water partition coefficient (Wildman–Crippen LogP) is 1.06. The number of nitrogens with zero attached hydrogens (tertiary/aromatic N) is 4. The van der Waals surface area contributed by atoms with Crippen LogP contribution in [0, 0.1) is 0 Å². The monoisotopic (exact) mass is 524 g/mol. The molecule has 0 saturated carbocycles. The Labute approximate surface area is 206 Å². The molecular weight excluding hydrogens is 495 g/mol. The highest BCUT2D eigenvalue weighted by Gasteiger charge is 2.54. The van der Waals surface area contributed by atoms with Crippen LogP contribution in [0.4, 0.5) is 5.82 Å². The van der Waals surface area contributed by atoms with Crippen molar-refractivity contribution in [1.29, 1.82) is 0 Å². The second kappa shape index (κ2) is 9.88. The standard InChI is InChI=1S/C21H29N6O8P/c1-5-32-19(29)11(2)26-36(4,31)34-9-13-15(28)21(3,30)20(35-13)27-8-12(18-23-6-7-33-18)14-16(22)24-10-25-17(14)27/h6-8,10-11,13,15,20,28,30H,5,9H2,1-4H3,(H,26,31)(H2,22,24,25)/t11-,13?,15+,20+,21+,36?/m0/s1. The number of hydrogen-bond donors (Lipinski definition) is 4. The number of carbonyl (C=O) groups excluding carboxylic acids is 1. The molecule has 1 aliphatic heterocycles. The van der Waals surface area contributed by atoms with Crippen molar-refractivity contribution < 1.29 is 38.0 Å². The number of fused-ring (bicyclic) bond motifs is 1. The molecule has 0 amide bonds. The number of oxazole rings is 1. The summed E-state index contributed by atoms with van der Waals surface area (Å²) >= 11 is 0. The van der Waals surface area contributed by atoms with Gasteiger partial charge in [0.1, 0.15) is 47.9 Å². The number of carbonyl (C=O) groups is 1. The summed E-state index contributed by atoms with van der Waals surface area (Å²) in [6.07, 6.45) is 2.09. The number of nitrogen functional groups attached to an aromatic ring is 1. The van der Waals surface area contributed by atoms with Crippen molar-refractivity contribution in [3.05, 3.63) is 25.0 Å². The minimum Gasteiger partial charge on any atom is -0.465 e. The molecule has 0 aliphatic carbocycles. The van der Waals surface area contributed by atoms with Crippen LogP contribution < -0.4 is 10.8 Å². The van der Waals surface area contributed by atoms with E-state index >= 15 is 0 Å². The van der Waals surface area contributed by atoms with Gasteiger partial charge in [-0.2, -0.15) is 0 Å². The third kappa shape index (κ3) is 4.88. The molecule has 0 bridgehead atoms. The van der Waals surface area contributed by atoms with Crippen molar-refractivity contribution >= 4 is 30.3 Å². The van der Waals surface area contributed by atoms with Crippen LogP contribution in [0.15, 0.2) is 29.4 Å². The van der Waals surface area contributed by atoms with Gasteiger partial charge in [-0.3, -0.25) is 9.36 Å². The maximum absolute atomic E-state index is 12.9. The lowest BCUT2D eigenvalue weighted by molar-refractivity contribution is -0.144. The van der Waals surface area contributed by atoms with E-state index in [9.17, 15) is 19.6 Å². The molecule has 4 heterocycles. The van der Waals surface area contributed by atoms with E-state index in [1.807, 2.05) is 0 Å². The average molecular weight is 524 g/mol. The van der Waals surface area contributed by atoms with E-state index in [4.69, 9.17) is 24.1 Å². The Hall–Kier alpha value is -2.87. The van der Waals surface area contributed by atoms with Crippen molar-refractivity contribution in [2.45, 2.75) is 50.8 Å². The summed E-state index contributed by atoms with van der Waals surface area (Å²) in [5.74, 6) is -0.156. The second-order valence-electron chi connectivity index (χ2n) is 8.69. The molecule has 15 heteroatoms. The van der Waals surface area contributed by atoms with Gasteiger partial charge in [-0.05, 0) is 20.8 Å². The van der Waals surface area contributed by atoms with Gasteiger partial charge >= 0.3 is 5.97 Å². The fraction of sp³-hybridized carbons (Fsp3) is 0.524. The first kappa shape index (κ1) is 26.2. The fourth-order valence-corrected chi connectivity index (χ4v) is 5.42. The van der Waals surface area contributed by atoms with Gasteiger partial charge in [-0.25, -0.2) is 20.0 Å². The molecule has 4 rings (SSSR count). The van der Waals surface area contributed by atoms with Crippen molar-refractivity contribution in [3.8, 4) is 11.5 Å². The molecule has 0 spiro atoms. The minimum absolute atomic E-state index is 0.165. The Kier molecular flexibility index (Phi) is 7.19. The van der Waals surface area contributed by atoms with Gasteiger partial charge in [0.05, 0.1) is 30.4 Å². The third-order valence-corrected chi connectivity index (χ3v) is 7.36. The van der Waals surface area contributed by atoms with E-state index in [-0.39, 0.29) is 24.9 Å². The summed E-state index contributed by atoms with van der Waals surface area (Å²) in [7, 11) is -3.50. The Morgan fingerprint density at radius 2 is 2.17 bits per heavy atom. The van der Waals surface area contributed by atoms with Crippen molar-refractivity contribution in [3.63, 3.8) is 0 Å². The fourth-order valence-electron chi connectivity index (χ4n) is 4.11. The average Bonchev–Trinajstić information content (AvgIpc) is 3.51. The van der Waals surface area contributed by atoms with E-state index in [0.717, 1.165) is 0 Å². The molecule has 1 saturated heterocycles. The van der Waals surface area contributed by atoms with Crippen LogP contribution in [0.2, 0.25) is 0 Å². The highest BCUT2D eigenvalue weighted by atomic mass is 31.2. The lowest BCUT2D eigenvalue weighted by Gasteiger charge is -2.27. The van der Waals surface area contributed by atoms with Crippen LogP contribution in [0.3, 0.4) is 0 Å². The maximum Gasteiger partial charge on any atom is 0.323 e. The number of aliphatic hydroxyl groups is 2. The summed E-state index contributed by atoms with van der Waals surface area (Å²) in [5, 5.41) is 25.1. The Morgan fingerprint density at radius 1 is 1.42 bits per heavy atom. The molecule has 0 aromatic carbocycles. The molecule has 36 heavy (non-hydrogen) atoms. The predicted molar refractivity (Wildman–Crippen MR) is 127 cm³/mol. The van der Waals surface area contributed by atoms with Crippen LogP contribution in [0.5, 0.6) is 0 Å². The van der Waals surface area contributed by atoms with E-state index in [0.29, 0.717) is 16.6 Å². The van der Waals surface area contributed by atoms with Crippen molar-refractivity contribution in [1.82, 2.24) is 24.6 Å². The molecule has 1 fully saturated rings. The zero-order valence-electron chi connectivity index (χ0n) is 20.2. The highest BCUT2D eigenvalue weighted by molar-refractivity contribution is 7.56. The lowest BCUT2D eigenvalue weighted by atomic mass is 9.96. The van der Waals surface area contributed by atoms with Crippen molar-refractivity contribution in [2.24, 2.45) is 0 Å². The molecule has 5 N–H and O–H groups in total. The first-order valence-corrected chi connectivity index (χ1v) is 13.3. The van der Waals surface area contributed by atoms with Gasteiger partial charge in [-0.1, -0.05) is 0 Å². The van der Waals surface area contributed by atoms with Crippen LogP contribution in [0.25, 0.3) is 22.5 Å². The summed E-state index contributed by atoms with van der Waals surface area (Å²) in [4.78, 5) is 24.3. The van der Waals surface area contributed by atoms with Crippen LogP contribution in [0.1, 0.15) is 27.0 Å². The molecule has 1 aliphatic rings. The Balaban J connectivity index is 1.57. The number of nitrogens with two attached hydrogens (primary N) is 1. The number of aromatic nitrogens is 4. The topological polar surface area (TPSA) is 197 Å². The SMILES string of the molecule is CCOC(=O)[C@H](C)NP(C)(=O)OCC1O[C@@H](n2cc(-c3ncco3)c3c(N)ncnc32)[C@](C)(O)[C@@H]1O. The number of aliphatic hydroxyl groups excluding tert-OH is 1. The van der Waals surface area contributed by atoms with Gasteiger partial charge in [0, 0.05) is 12.9 Å². The van der Waals surface area contributed by atoms with E-state index < -0.39 is 43.6 Å². The van der Waals surface area contributed by atoms with Gasteiger partial charge in [0.25, 0.3) is 7.52 Å². The number of anilines is 1. The van der Waals surface area contributed by atoms with Crippen LogP contribution in [-0.4, -0.2) is 79.4 Å².